The van der Waals surface area contributed by atoms with Crippen LogP contribution in [0.4, 0.5) is 0 Å². The summed E-state index contributed by atoms with van der Waals surface area (Å²) in [7, 11) is -3.74. The molecule has 0 saturated carbocycles. The van der Waals surface area contributed by atoms with Crippen LogP contribution in [0.2, 0.25) is 0 Å². The number of nitrogens with two attached hydrogens (primary N) is 1. The zero-order valence-electron chi connectivity index (χ0n) is 7.49. The minimum Gasteiger partial charge on any atom is -0.224 e. The molecule has 0 atom stereocenters. The molecule has 0 amide bonds. The topological polar surface area (TPSA) is 85.9 Å². The second kappa shape index (κ2) is 3.69. The number of rotatable bonds is 2. The van der Waals surface area contributed by atoms with E-state index in [2.05, 4.69) is 9.59 Å². The second-order valence-corrected chi connectivity index (χ2v) is 5.33. The summed E-state index contributed by atoms with van der Waals surface area (Å²) in [4.78, 5) is 0. The van der Waals surface area contributed by atoms with Gasteiger partial charge in [-0.2, -0.15) is 0 Å². The average molecular weight is 241 g/mol. The fourth-order valence-corrected chi connectivity index (χ4v) is 2.53. The molecular formula is C8H7N3O2S2. The summed E-state index contributed by atoms with van der Waals surface area (Å²) in [6.45, 7) is 0. The highest BCUT2D eigenvalue weighted by Crippen LogP contribution is 2.26. The Hall–Kier alpha value is -1.31. The summed E-state index contributed by atoms with van der Waals surface area (Å²) >= 11 is 0.777. The van der Waals surface area contributed by atoms with Gasteiger partial charge in [-0.25, -0.2) is 13.6 Å². The van der Waals surface area contributed by atoms with E-state index >= 15 is 0 Å². The van der Waals surface area contributed by atoms with Gasteiger partial charge in [0.25, 0.3) is 10.0 Å². The number of nitrogens with zero attached hydrogens (tertiary/aromatic N) is 2. The molecule has 0 saturated heterocycles. The summed E-state index contributed by atoms with van der Waals surface area (Å²) in [6.07, 6.45) is 0. The number of sulfonamides is 1. The van der Waals surface area contributed by atoms with Crippen molar-refractivity contribution in [3.8, 4) is 11.3 Å². The third-order valence-electron chi connectivity index (χ3n) is 1.76. The number of benzene rings is 1. The maximum Gasteiger partial charge on any atom is 0.251 e. The van der Waals surface area contributed by atoms with Crippen molar-refractivity contribution in [3.63, 3.8) is 0 Å². The molecule has 2 rings (SSSR count). The molecule has 2 N–H and O–H groups in total. The molecular weight excluding hydrogens is 234 g/mol. The van der Waals surface area contributed by atoms with Gasteiger partial charge in [0.1, 0.15) is 5.69 Å². The third-order valence-corrected chi connectivity index (χ3v) is 3.92. The van der Waals surface area contributed by atoms with Crippen molar-refractivity contribution in [2.45, 2.75) is 4.21 Å². The van der Waals surface area contributed by atoms with E-state index in [1.54, 1.807) is 24.3 Å². The van der Waals surface area contributed by atoms with Crippen molar-refractivity contribution in [1.82, 2.24) is 9.59 Å². The van der Waals surface area contributed by atoms with E-state index in [4.69, 9.17) is 5.14 Å². The summed E-state index contributed by atoms with van der Waals surface area (Å²) in [6, 6.07) is 8.93. The van der Waals surface area contributed by atoms with E-state index in [0.29, 0.717) is 11.3 Å². The smallest absolute Gasteiger partial charge is 0.224 e. The molecule has 0 radical (unpaired) electrons. The van der Waals surface area contributed by atoms with Crippen LogP contribution in [-0.4, -0.2) is 18.0 Å². The summed E-state index contributed by atoms with van der Waals surface area (Å²) in [5, 5.41) is 8.80. The van der Waals surface area contributed by atoms with Crippen molar-refractivity contribution < 1.29 is 8.42 Å². The molecule has 0 aliphatic carbocycles. The molecule has 0 spiro atoms. The Morgan fingerprint density at radius 2 is 1.87 bits per heavy atom. The standard InChI is InChI=1S/C8H7N3O2S2/c9-15(12,13)8-7(10-11-14-8)6-4-2-1-3-5-6/h1-5H,(H2,9,12,13). The second-order valence-electron chi connectivity index (χ2n) is 2.82. The highest BCUT2D eigenvalue weighted by Gasteiger charge is 2.19. The Morgan fingerprint density at radius 1 is 1.20 bits per heavy atom. The molecule has 0 aliphatic heterocycles. The van der Waals surface area contributed by atoms with Crippen molar-refractivity contribution in [3.05, 3.63) is 30.3 Å². The van der Waals surface area contributed by atoms with Crippen LogP contribution in [0.3, 0.4) is 0 Å². The first-order chi connectivity index (χ1) is 7.09. The number of hydrogen-bond acceptors (Lipinski definition) is 5. The van der Waals surface area contributed by atoms with Gasteiger partial charge < -0.3 is 0 Å². The predicted octanol–water partition coefficient (Wildman–Crippen LogP) is 0.853. The highest BCUT2D eigenvalue weighted by atomic mass is 32.2. The molecule has 0 aliphatic rings. The predicted molar refractivity (Wildman–Crippen MR) is 56.7 cm³/mol. The molecule has 2 aromatic rings. The maximum atomic E-state index is 11.2. The lowest BCUT2D eigenvalue weighted by Crippen LogP contribution is -2.11. The number of primary sulfonamides is 1. The van der Waals surface area contributed by atoms with E-state index in [-0.39, 0.29) is 4.21 Å². The van der Waals surface area contributed by atoms with Crippen LogP contribution in [-0.2, 0) is 10.0 Å². The normalized spacial score (nSPS) is 11.5. The van der Waals surface area contributed by atoms with Crippen molar-refractivity contribution in [1.29, 1.82) is 0 Å². The quantitative estimate of drug-likeness (QED) is 0.844. The summed E-state index contributed by atoms with van der Waals surface area (Å²) < 4.78 is 26.0. The van der Waals surface area contributed by atoms with Gasteiger partial charge in [-0.15, -0.1) is 5.10 Å². The average Bonchev–Trinajstić information content (AvgIpc) is 2.67. The minimum absolute atomic E-state index is 0.00583. The molecule has 0 unspecified atom stereocenters. The Bertz CT molecular complexity index is 563. The minimum atomic E-state index is -3.74. The molecule has 1 aromatic heterocycles. The SMILES string of the molecule is NS(=O)(=O)c1snnc1-c1ccccc1. The van der Waals surface area contributed by atoms with Crippen molar-refractivity contribution in [2.75, 3.05) is 0 Å². The molecule has 0 fully saturated rings. The van der Waals surface area contributed by atoms with Gasteiger partial charge in [0.2, 0.25) is 0 Å². The fourth-order valence-electron chi connectivity index (χ4n) is 1.14. The molecule has 0 bridgehead atoms. The monoisotopic (exact) mass is 241 g/mol. The van der Waals surface area contributed by atoms with E-state index in [9.17, 15) is 8.42 Å². The first-order valence-corrected chi connectivity index (χ1v) is 6.31. The zero-order valence-corrected chi connectivity index (χ0v) is 9.12. The van der Waals surface area contributed by atoms with E-state index in [0.717, 1.165) is 11.5 Å². The first-order valence-electron chi connectivity index (χ1n) is 3.99. The molecule has 5 nitrogen and oxygen atoms in total. The molecule has 1 aromatic carbocycles. The maximum absolute atomic E-state index is 11.2. The van der Waals surface area contributed by atoms with Gasteiger partial charge >= 0.3 is 0 Å². The largest absolute Gasteiger partial charge is 0.251 e. The lowest BCUT2D eigenvalue weighted by atomic mass is 10.2. The lowest BCUT2D eigenvalue weighted by Gasteiger charge is -1.97. The summed E-state index contributed by atoms with van der Waals surface area (Å²) in [5.74, 6) is 0. The van der Waals surface area contributed by atoms with Gasteiger partial charge in [-0.3, -0.25) is 0 Å². The van der Waals surface area contributed by atoms with E-state index in [1.807, 2.05) is 6.07 Å². The van der Waals surface area contributed by atoms with Crippen LogP contribution in [0.5, 0.6) is 0 Å². The van der Waals surface area contributed by atoms with Crippen LogP contribution in [0.15, 0.2) is 34.5 Å². The van der Waals surface area contributed by atoms with Crippen LogP contribution in [0, 0.1) is 0 Å². The number of hydrogen-bond donors (Lipinski definition) is 1. The molecule has 78 valence electrons. The molecule has 1 heterocycles. The van der Waals surface area contributed by atoms with Gasteiger partial charge in [0.15, 0.2) is 4.21 Å². The highest BCUT2D eigenvalue weighted by molar-refractivity contribution is 7.91. The van der Waals surface area contributed by atoms with Crippen LogP contribution in [0.1, 0.15) is 0 Å². The van der Waals surface area contributed by atoms with Gasteiger partial charge in [-0.1, -0.05) is 34.8 Å². The van der Waals surface area contributed by atoms with Gasteiger partial charge in [0.05, 0.1) is 0 Å². The Labute approximate surface area is 90.8 Å². The lowest BCUT2D eigenvalue weighted by molar-refractivity contribution is 0.600. The van der Waals surface area contributed by atoms with Gasteiger partial charge in [0, 0.05) is 17.1 Å². The fraction of sp³-hybridized carbons (Fsp3) is 0. The third kappa shape index (κ3) is 2.04. The van der Waals surface area contributed by atoms with E-state index in [1.165, 1.54) is 0 Å². The van der Waals surface area contributed by atoms with Crippen molar-refractivity contribution in [2.24, 2.45) is 5.14 Å². The Kier molecular flexibility index (Phi) is 2.51. The van der Waals surface area contributed by atoms with E-state index < -0.39 is 10.0 Å². The zero-order chi connectivity index (χ0) is 10.9. The van der Waals surface area contributed by atoms with Crippen LogP contribution < -0.4 is 5.14 Å². The van der Waals surface area contributed by atoms with Gasteiger partial charge in [-0.05, 0) is 0 Å². The molecule has 15 heavy (non-hydrogen) atoms. The van der Waals surface area contributed by atoms with Crippen molar-refractivity contribution >= 4 is 21.6 Å². The Balaban J connectivity index is 2.61. The molecule has 7 heteroatoms. The Morgan fingerprint density at radius 3 is 2.47 bits per heavy atom. The van der Waals surface area contributed by atoms with Crippen LogP contribution in [0.25, 0.3) is 11.3 Å². The first kappa shape index (κ1) is 10.2. The summed E-state index contributed by atoms with van der Waals surface area (Å²) in [5.41, 5.74) is 0.998. The van der Waals surface area contributed by atoms with Crippen LogP contribution >= 0.6 is 11.5 Å². The number of aromatic nitrogens is 2.